The van der Waals surface area contributed by atoms with Crippen molar-refractivity contribution < 1.29 is 4.79 Å². The average molecular weight is 311 g/mol. The Kier molecular flexibility index (Phi) is 4.04. The predicted molar refractivity (Wildman–Crippen MR) is 72.2 cm³/mol. The fourth-order valence-electron chi connectivity index (χ4n) is 1.46. The topological polar surface area (TPSA) is 56.0 Å². The summed E-state index contributed by atoms with van der Waals surface area (Å²) in [7, 11) is 0. The van der Waals surface area contributed by atoms with Gasteiger partial charge >= 0.3 is 0 Å². The fourth-order valence-corrected chi connectivity index (χ4v) is 2.58. The minimum absolute atomic E-state index is 0.0269. The number of hydrogen-bond acceptors (Lipinski definition) is 4. The molecule has 1 heterocycles. The zero-order chi connectivity index (χ0) is 12.3. The monoisotopic (exact) mass is 310 g/mol. The molecule has 0 aliphatic rings. The van der Waals surface area contributed by atoms with Gasteiger partial charge in [0.1, 0.15) is 10.7 Å². The normalized spacial score (nSPS) is 10.5. The standard InChI is InChI=1S/C12H11BrN2OS/c13-9-3-1-2-8(4-9)5-11(16)10-7-17-12(6-14)15-10/h1-4,7H,5-6,14H2. The molecule has 0 spiro atoms. The van der Waals surface area contributed by atoms with Crippen molar-refractivity contribution in [3.63, 3.8) is 0 Å². The molecule has 2 aromatic rings. The number of Topliss-reactive ketones (excluding diaryl/α,β-unsaturated/α-hetero) is 1. The van der Waals surface area contributed by atoms with Crippen molar-refractivity contribution in [3.05, 3.63) is 50.4 Å². The molecule has 2 rings (SSSR count). The molecule has 17 heavy (non-hydrogen) atoms. The van der Waals surface area contributed by atoms with Crippen LogP contribution in [0.4, 0.5) is 0 Å². The highest BCUT2D eigenvalue weighted by Crippen LogP contribution is 2.15. The van der Waals surface area contributed by atoms with Crippen LogP contribution in [-0.4, -0.2) is 10.8 Å². The lowest BCUT2D eigenvalue weighted by molar-refractivity contribution is 0.0988. The molecule has 0 bridgehead atoms. The number of carbonyl (C=O) groups is 1. The Balaban J connectivity index is 2.11. The van der Waals surface area contributed by atoms with E-state index in [9.17, 15) is 4.79 Å². The van der Waals surface area contributed by atoms with Gasteiger partial charge in [0.25, 0.3) is 0 Å². The molecule has 3 nitrogen and oxygen atoms in total. The summed E-state index contributed by atoms with van der Waals surface area (Å²) in [5.74, 6) is 0.0269. The third-order valence-corrected chi connectivity index (χ3v) is 3.63. The number of hydrogen-bond donors (Lipinski definition) is 1. The molecule has 0 aliphatic carbocycles. The Hall–Kier alpha value is -1.04. The smallest absolute Gasteiger partial charge is 0.186 e. The maximum atomic E-state index is 11.9. The molecule has 0 unspecified atom stereocenters. The molecule has 0 fully saturated rings. The fraction of sp³-hybridized carbons (Fsp3) is 0.167. The minimum Gasteiger partial charge on any atom is -0.325 e. The molecule has 88 valence electrons. The molecule has 5 heteroatoms. The lowest BCUT2D eigenvalue weighted by Gasteiger charge is -1.99. The Morgan fingerprint density at radius 1 is 1.47 bits per heavy atom. The quantitative estimate of drug-likeness (QED) is 0.883. The molecule has 1 aromatic heterocycles. The van der Waals surface area contributed by atoms with Gasteiger partial charge in [-0.15, -0.1) is 11.3 Å². The summed E-state index contributed by atoms with van der Waals surface area (Å²) in [4.78, 5) is 16.1. The maximum absolute atomic E-state index is 11.9. The van der Waals surface area contributed by atoms with Gasteiger partial charge in [-0.3, -0.25) is 4.79 Å². The number of aromatic nitrogens is 1. The van der Waals surface area contributed by atoms with E-state index in [-0.39, 0.29) is 5.78 Å². The van der Waals surface area contributed by atoms with E-state index >= 15 is 0 Å². The first-order valence-corrected chi connectivity index (χ1v) is 6.78. The van der Waals surface area contributed by atoms with E-state index in [1.807, 2.05) is 24.3 Å². The van der Waals surface area contributed by atoms with Crippen LogP contribution in [0.3, 0.4) is 0 Å². The lowest BCUT2D eigenvalue weighted by Crippen LogP contribution is -2.05. The number of carbonyl (C=O) groups excluding carboxylic acids is 1. The molecule has 0 radical (unpaired) electrons. The van der Waals surface area contributed by atoms with Crippen molar-refractivity contribution in [3.8, 4) is 0 Å². The van der Waals surface area contributed by atoms with Crippen LogP contribution in [0, 0.1) is 0 Å². The Morgan fingerprint density at radius 3 is 2.94 bits per heavy atom. The molecule has 0 saturated heterocycles. The van der Waals surface area contributed by atoms with Gasteiger partial charge in [-0.05, 0) is 17.7 Å². The maximum Gasteiger partial charge on any atom is 0.186 e. The van der Waals surface area contributed by atoms with Crippen LogP contribution in [0.2, 0.25) is 0 Å². The van der Waals surface area contributed by atoms with Crippen molar-refractivity contribution in [2.24, 2.45) is 5.73 Å². The van der Waals surface area contributed by atoms with E-state index in [0.717, 1.165) is 15.0 Å². The predicted octanol–water partition coefficient (Wildman–Crippen LogP) is 2.79. The van der Waals surface area contributed by atoms with Gasteiger partial charge in [0.05, 0.1) is 0 Å². The molecular weight excluding hydrogens is 300 g/mol. The van der Waals surface area contributed by atoms with Crippen molar-refractivity contribution in [1.29, 1.82) is 0 Å². The van der Waals surface area contributed by atoms with Gasteiger partial charge in [0.15, 0.2) is 5.78 Å². The number of ketones is 1. The first-order chi connectivity index (χ1) is 8.19. The average Bonchev–Trinajstić information content (AvgIpc) is 2.77. The summed E-state index contributed by atoms with van der Waals surface area (Å²) in [5.41, 5.74) is 6.95. The summed E-state index contributed by atoms with van der Waals surface area (Å²) in [5, 5.41) is 2.56. The van der Waals surface area contributed by atoms with Crippen LogP contribution in [0.5, 0.6) is 0 Å². The molecule has 0 amide bonds. The zero-order valence-corrected chi connectivity index (χ0v) is 11.4. The second-order valence-corrected chi connectivity index (χ2v) is 5.42. The van der Waals surface area contributed by atoms with Crippen LogP contribution in [0.1, 0.15) is 21.1 Å². The summed E-state index contributed by atoms with van der Waals surface area (Å²) in [6, 6.07) is 7.72. The molecule has 0 saturated carbocycles. The lowest BCUT2D eigenvalue weighted by atomic mass is 10.1. The van der Waals surface area contributed by atoms with E-state index in [4.69, 9.17) is 5.73 Å². The first-order valence-electron chi connectivity index (χ1n) is 5.11. The SMILES string of the molecule is NCc1nc(C(=O)Cc2cccc(Br)c2)cs1. The Morgan fingerprint density at radius 2 is 2.29 bits per heavy atom. The van der Waals surface area contributed by atoms with E-state index in [0.29, 0.717) is 18.7 Å². The molecule has 1 aromatic carbocycles. The van der Waals surface area contributed by atoms with E-state index in [2.05, 4.69) is 20.9 Å². The van der Waals surface area contributed by atoms with Gasteiger partial charge in [0.2, 0.25) is 0 Å². The van der Waals surface area contributed by atoms with Crippen LogP contribution in [0.15, 0.2) is 34.1 Å². The number of benzene rings is 1. The summed E-state index contributed by atoms with van der Waals surface area (Å²) < 4.78 is 0.976. The second-order valence-electron chi connectivity index (χ2n) is 3.56. The van der Waals surface area contributed by atoms with Crippen LogP contribution >= 0.6 is 27.3 Å². The van der Waals surface area contributed by atoms with Gasteiger partial charge in [0, 0.05) is 22.8 Å². The van der Waals surface area contributed by atoms with Crippen LogP contribution < -0.4 is 5.73 Å². The third-order valence-electron chi connectivity index (χ3n) is 2.27. The largest absolute Gasteiger partial charge is 0.325 e. The van der Waals surface area contributed by atoms with Crippen molar-refractivity contribution >= 4 is 33.0 Å². The van der Waals surface area contributed by atoms with Gasteiger partial charge in [-0.1, -0.05) is 28.1 Å². The molecule has 0 aliphatic heterocycles. The minimum atomic E-state index is 0.0269. The van der Waals surface area contributed by atoms with E-state index < -0.39 is 0 Å². The number of nitrogens with two attached hydrogens (primary N) is 1. The third kappa shape index (κ3) is 3.21. The van der Waals surface area contributed by atoms with Gasteiger partial charge < -0.3 is 5.73 Å². The Labute approximate surface area is 112 Å². The summed E-state index contributed by atoms with van der Waals surface area (Å²) >= 11 is 4.81. The van der Waals surface area contributed by atoms with Crippen molar-refractivity contribution in [2.75, 3.05) is 0 Å². The number of thiazole rings is 1. The summed E-state index contributed by atoms with van der Waals surface area (Å²) in [6.45, 7) is 0.384. The van der Waals surface area contributed by atoms with Crippen LogP contribution in [-0.2, 0) is 13.0 Å². The van der Waals surface area contributed by atoms with E-state index in [1.54, 1.807) is 5.38 Å². The Bertz CT molecular complexity index is 539. The molecule has 0 atom stereocenters. The first kappa shape index (κ1) is 12.4. The molecule has 2 N–H and O–H groups in total. The van der Waals surface area contributed by atoms with Crippen LogP contribution in [0.25, 0.3) is 0 Å². The molecular formula is C12H11BrN2OS. The van der Waals surface area contributed by atoms with Crippen molar-refractivity contribution in [2.45, 2.75) is 13.0 Å². The van der Waals surface area contributed by atoms with E-state index in [1.165, 1.54) is 11.3 Å². The summed E-state index contributed by atoms with van der Waals surface area (Å²) in [6.07, 6.45) is 0.368. The highest BCUT2D eigenvalue weighted by Gasteiger charge is 2.11. The van der Waals surface area contributed by atoms with Crippen molar-refractivity contribution in [1.82, 2.24) is 4.98 Å². The highest BCUT2D eigenvalue weighted by atomic mass is 79.9. The van der Waals surface area contributed by atoms with Gasteiger partial charge in [-0.2, -0.15) is 0 Å². The number of rotatable bonds is 4. The number of halogens is 1. The highest BCUT2D eigenvalue weighted by molar-refractivity contribution is 9.10. The zero-order valence-electron chi connectivity index (χ0n) is 9.02. The van der Waals surface area contributed by atoms with Gasteiger partial charge in [-0.25, -0.2) is 4.98 Å². The second kappa shape index (κ2) is 5.53. The number of nitrogens with zero attached hydrogens (tertiary/aromatic N) is 1.